The molecular formula is C23H30N4O3. The van der Waals surface area contributed by atoms with E-state index in [1.54, 1.807) is 12.4 Å². The van der Waals surface area contributed by atoms with E-state index >= 15 is 0 Å². The molecule has 30 heavy (non-hydrogen) atoms. The Morgan fingerprint density at radius 2 is 1.83 bits per heavy atom. The summed E-state index contributed by atoms with van der Waals surface area (Å²) in [5.41, 5.74) is 3.87. The maximum absolute atomic E-state index is 12.4. The van der Waals surface area contributed by atoms with Crippen molar-refractivity contribution in [2.45, 2.75) is 33.0 Å². The van der Waals surface area contributed by atoms with E-state index in [0.29, 0.717) is 29.6 Å². The molecule has 2 heterocycles. The number of hydrogen-bond acceptors (Lipinski definition) is 5. The van der Waals surface area contributed by atoms with Gasteiger partial charge in [-0.15, -0.1) is 0 Å². The molecule has 0 fully saturated rings. The third kappa shape index (κ3) is 3.91. The number of rotatable bonds is 7. The van der Waals surface area contributed by atoms with Crippen LogP contribution in [-0.4, -0.2) is 63.7 Å². The summed E-state index contributed by atoms with van der Waals surface area (Å²) in [5, 5.41) is 22.0. The number of fused-ring (bicyclic) bond motifs is 1. The summed E-state index contributed by atoms with van der Waals surface area (Å²) in [6.07, 6.45) is 3.40. The van der Waals surface area contributed by atoms with Crippen molar-refractivity contribution in [1.29, 1.82) is 0 Å². The van der Waals surface area contributed by atoms with Crippen molar-refractivity contribution in [2.24, 2.45) is 0 Å². The quantitative estimate of drug-likeness (QED) is 0.616. The zero-order chi connectivity index (χ0) is 22.2. The number of phenols is 1. The Kier molecular flexibility index (Phi) is 6.14. The SMILES string of the molecule is CC(C)n1c(CN(C)C)c(C(=O)O)c2c(CN(C)C)c(O)c(-c3cccnc3)cc21. The molecule has 0 atom stereocenters. The molecule has 2 N–H and O–H groups in total. The van der Waals surface area contributed by atoms with E-state index in [-0.39, 0.29) is 17.4 Å². The lowest BCUT2D eigenvalue weighted by atomic mass is 9.96. The summed E-state index contributed by atoms with van der Waals surface area (Å²) in [5.74, 6) is -0.881. The van der Waals surface area contributed by atoms with Crippen LogP contribution in [0.15, 0.2) is 30.6 Å². The summed E-state index contributed by atoms with van der Waals surface area (Å²) in [6.45, 7) is 5.00. The van der Waals surface area contributed by atoms with Crippen molar-refractivity contribution in [3.8, 4) is 16.9 Å². The summed E-state index contributed by atoms with van der Waals surface area (Å²) in [7, 11) is 7.66. The highest BCUT2D eigenvalue weighted by Gasteiger charge is 2.29. The standard InChI is InChI=1S/C23H30N4O3/c1-14(2)27-18-10-16(15-8-7-9-24-11-15)22(28)17(12-25(3)4)20(18)21(23(29)30)19(27)13-26(5)6/h7-11,14,28H,12-13H2,1-6H3,(H,29,30). The molecule has 0 aliphatic carbocycles. The fourth-order valence-corrected chi connectivity index (χ4v) is 4.08. The first kappa shape index (κ1) is 21.8. The number of benzene rings is 1. The monoisotopic (exact) mass is 410 g/mol. The Bertz CT molecular complexity index is 1070. The molecule has 0 bridgehead atoms. The Morgan fingerprint density at radius 3 is 2.33 bits per heavy atom. The molecule has 3 aromatic rings. The van der Waals surface area contributed by atoms with Gasteiger partial charge in [-0.3, -0.25) is 4.98 Å². The van der Waals surface area contributed by atoms with Crippen LogP contribution in [0.2, 0.25) is 0 Å². The van der Waals surface area contributed by atoms with Gasteiger partial charge in [-0.25, -0.2) is 4.79 Å². The average molecular weight is 411 g/mol. The molecule has 0 amide bonds. The van der Waals surface area contributed by atoms with Gasteiger partial charge < -0.3 is 24.6 Å². The third-order valence-corrected chi connectivity index (χ3v) is 5.11. The smallest absolute Gasteiger partial charge is 0.338 e. The topological polar surface area (TPSA) is 81.8 Å². The van der Waals surface area contributed by atoms with Crippen molar-refractivity contribution in [2.75, 3.05) is 28.2 Å². The predicted molar refractivity (Wildman–Crippen MR) is 119 cm³/mol. The molecule has 0 unspecified atom stereocenters. The second-order valence-corrected chi connectivity index (χ2v) is 8.45. The van der Waals surface area contributed by atoms with Gasteiger partial charge >= 0.3 is 5.97 Å². The van der Waals surface area contributed by atoms with Crippen LogP contribution in [0.25, 0.3) is 22.0 Å². The van der Waals surface area contributed by atoms with E-state index in [0.717, 1.165) is 16.8 Å². The maximum Gasteiger partial charge on any atom is 0.338 e. The molecule has 2 aromatic heterocycles. The van der Waals surface area contributed by atoms with Crippen LogP contribution in [0, 0.1) is 0 Å². The summed E-state index contributed by atoms with van der Waals surface area (Å²) in [4.78, 5) is 20.5. The van der Waals surface area contributed by atoms with Gasteiger partial charge in [0.1, 0.15) is 5.75 Å². The summed E-state index contributed by atoms with van der Waals surface area (Å²) >= 11 is 0. The van der Waals surface area contributed by atoms with Crippen molar-refractivity contribution in [1.82, 2.24) is 19.4 Å². The molecular weight excluding hydrogens is 380 g/mol. The average Bonchev–Trinajstić information content (AvgIpc) is 2.97. The van der Waals surface area contributed by atoms with Crippen LogP contribution in [0.3, 0.4) is 0 Å². The van der Waals surface area contributed by atoms with Crippen LogP contribution in [-0.2, 0) is 13.1 Å². The van der Waals surface area contributed by atoms with E-state index in [2.05, 4.69) is 9.55 Å². The third-order valence-electron chi connectivity index (χ3n) is 5.11. The minimum Gasteiger partial charge on any atom is -0.507 e. The molecule has 0 radical (unpaired) electrons. The molecule has 0 aliphatic rings. The minimum atomic E-state index is -0.982. The Hall–Kier alpha value is -2.90. The number of pyridine rings is 1. The van der Waals surface area contributed by atoms with E-state index in [4.69, 9.17) is 0 Å². The van der Waals surface area contributed by atoms with Crippen LogP contribution in [0.5, 0.6) is 5.75 Å². The zero-order valence-corrected chi connectivity index (χ0v) is 18.5. The van der Waals surface area contributed by atoms with Crippen LogP contribution < -0.4 is 0 Å². The maximum atomic E-state index is 12.4. The first-order chi connectivity index (χ1) is 14.1. The van der Waals surface area contributed by atoms with E-state index < -0.39 is 5.97 Å². The first-order valence-corrected chi connectivity index (χ1v) is 9.98. The summed E-state index contributed by atoms with van der Waals surface area (Å²) < 4.78 is 2.08. The van der Waals surface area contributed by atoms with Gasteiger partial charge in [0, 0.05) is 59.3 Å². The summed E-state index contributed by atoms with van der Waals surface area (Å²) in [6, 6.07) is 5.67. The van der Waals surface area contributed by atoms with Crippen molar-refractivity contribution < 1.29 is 15.0 Å². The normalized spacial score (nSPS) is 11.9. The van der Waals surface area contributed by atoms with Crippen LogP contribution in [0.1, 0.15) is 41.5 Å². The van der Waals surface area contributed by atoms with Crippen molar-refractivity contribution >= 4 is 16.9 Å². The molecule has 3 rings (SSSR count). The number of hydrogen-bond donors (Lipinski definition) is 2. The van der Waals surface area contributed by atoms with Gasteiger partial charge in [0.05, 0.1) is 11.1 Å². The van der Waals surface area contributed by atoms with Crippen LogP contribution in [0.4, 0.5) is 0 Å². The van der Waals surface area contributed by atoms with Gasteiger partial charge in [-0.1, -0.05) is 6.07 Å². The molecule has 160 valence electrons. The van der Waals surface area contributed by atoms with Crippen molar-refractivity contribution in [3.63, 3.8) is 0 Å². The number of carboxylic acids is 1. The lowest BCUT2D eigenvalue weighted by molar-refractivity contribution is 0.0696. The van der Waals surface area contributed by atoms with E-state index in [1.165, 1.54) is 0 Å². The van der Waals surface area contributed by atoms with Gasteiger partial charge in [-0.05, 0) is 54.2 Å². The van der Waals surface area contributed by atoms with E-state index in [1.807, 2.05) is 70.0 Å². The molecule has 0 saturated carbocycles. The number of aromatic carboxylic acids is 1. The highest BCUT2D eigenvalue weighted by atomic mass is 16.4. The van der Waals surface area contributed by atoms with Gasteiger partial charge in [-0.2, -0.15) is 0 Å². The van der Waals surface area contributed by atoms with Crippen LogP contribution >= 0.6 is 0 Å². The lowest BCUT2D eigenvalue weighted by Gasteiger charge is -2.19. The van der Waals surface area contributed by atoms with E-state index in [9.17, 15) is 15.0 Å². The minimum absolute atomic E-state index is 0.0500. The second kappa shape index (κ2) is 8.45. The fraction of sp³-hybridized carbons (Fsp3) is 0.391. The molecule has 0 spiro atoms. The number of carbonyl (C=O) groups is 1. The number of phenolic OH excluding ortho intramolecular Hbond substituents is 1. The highest BCUT2D eigenvalue weighted by molar-refractivity contribution is 6.08. The predicted octanol–water partition coefficient (Wildman–Crippen LogP) is 3.81. The first-order valence-electron chi connectivity index (χ1n) is 9.98. The number of carboxylic acid groups (broad SMARTS) is 1. The number of aromatic nitrogens is 2. The number of aromatic hydroxyl groups is 1. The zero-order valence-electron chi connectivity index (χ0n) is 18.5. The fourth-order valence-electron chi connectivity index (χ4n) is 4.08. The lowest BCUT2D eigenvalue weighted by Crippen LogP contribution is -2.18. The molecule has 1 aromatic carbocycles. The Balaban J connectivity index is 2.52. The Morgan fingerprint density at radius 1 is 1.17 bits per heavy atom. The Labute approximate surface area is 177 Å². The molecule has 0 saturated heterocycles. The van der Waals surface area contributed by atoms with Gasteiger partial charge in [0.25, 0.3) is 0 Å². The molecule has 7 heteroatoms. The van der Waals surface area contributed by atoms with Gasteiger partial charge in [0.15, 0.2) is 0 Å². The van der Waals surface area contributed by atoms with Crippen molar-refractivity contribution in [3.05, 3.63) is 47.4 Å². The molecule has 7 nitrogen and oxygen atoms in total. The highest BCUT2D eigenvalue weighted by Crippen LogP contribution is 2.42. The second-order valence-electron chi connectivity index (χ2n) is 8.45. The number of nitrogens with zero attached hydrogens (tertiary/aromatic N) is 4. The van der Waals surface area contributed by atoms with Gasteiger partial charge in [0.2, 0.25) is 0 Å². The molecule has 0 aliphatic heterocycles. The largest absolute Gasteiger partial charge is 0.507 e.